The second-order valence-electron chi connectivity index (χ2n) is 7.52. The Hall–Kier alpha value is -2.97. The summed E-state index contributed by atoms with van der Waals surface area (Å²) >= 11 is 7.58. The lowest BCUT2D eigenvalue weighted by Crippen LogP contribution is -2.29. The van der Waals surface area contributed by atoms with Crippen LogP contribution >= 0.6 is 23.4 Å². The molecule has 2 heterocycles. The second-order valence-corrected chi connectivity index (χ2v) is 9.02. The number of thioether (sulfide) groups is 1. The van der Waals surface area contributed by atoms with Gasteiger partial charge < -0.3 is 14.8 Å². The van der Waals surface area contributed by atoms with Crippen molar-refractivity contribution in [3.8, 4) is 5.75 Å². The molecular weight excluding hydrogens is 460 g/mol. The summed E-state index contributed by atoms with van der Waals surface area (Å²) in [7, 11) is 1.38. The summed E-state index contributed by atoms with van der Waals surface area (Å²) in [5.41, 5.74) is 2.92. The molecule has 0 amide bonds. The Morgan fingerprint density at radius 3 is 2.70 bits per heavy atom. The van der Waals surface area contributed by atoms with Crippen molar-refractivity contribution in [3.05, 3.63) is 76.0 Å². The maximum absolute atomic E-state index is 12.8. The number of fused-ring (bicyclic) bond motifs is 1. The molecular formula is C24H25ClN4O3S. The number of esters is 1. The Kier molecular flexibility index (Phi) is 7.25. The number of para-hydroxylation sites is 1. The first kappa shape index (κ1) is 23.2. The number of carbonyl (C=O) groups excluding carboxylic acids is 1. The van der Waals surface area contributed by atoms with Gasteiger partial charge in [0.15, 0.2) is 0 Å². The molecule has 33 heavy (non-hydrogen) atoms. The molecule has 0 fully saturated rings. The smallest absolute Gasteiger partial charge is 0.338 e. The van der Waals surface area contributed by atoms with Crippen LogP contribution in [-0.4, -0.2) is 33.6 Å². The van der Waals surface area contributed by atoms with E-state index in [2.05, 4.69) is 17.2 Å². The topological polar surface area (TPSA) is 78.3 Å². The number of rotatable bonds is 8. The molecule has 172 valence electrons. The zero-order chi connectivity index (χ0) is 23.4. The van der Waals surface area contributed by atoms with Crippen LogP contribution in [0.2, 0.25) is 5.02 Å². The van der Waals surface area contributed by atoms with Crippen LogP contribution in [0.1, 0.15) is 37.4 Å². The standard InChI is InChI=1S/C24H25ClN4O3S/c1-4-13-33-24-27-23-26-15(2)20(22(30)31-3)21(29(23)28-24)18-7-5-6-8-19(18)32-14-16-9-11-17(25)12-10-16/h5-12,21H,4,13-14H2,1-3H3,(H,26,27,28). The lowest BCUT2D eigenvalue weighted by molar-refractivity contribution is -0.136. The van der Waals surface area contributed by atoms with Crippen LogP contribution in [-0.2, 0) is 16.1 Å². The minimum absolute atomic E-state index is 0.358. The molecule has 1 N–H and O–H groups in total. The van der Waals surface area contributed by atoms with E-state index in [1.807, 2.05) is 55.5 Å². The number of hydrogen-bond donors (Lipinski definition) is 1. The minimum Gasteiger partial charge on any atom is -0.489 e. The van der Waals surface area contributed by atoms with Gasteiger partial charge in [-0.15, -0.1) is 5.10 Å². The molecule has 0 bridgehead atoms. The monoisotopic (exact) mass is 484 g/mol. The van der Waals surface area contributed by atoms with Gasteiger partial charge in [0.25, 0.3) is 0 Å². The van der Waals surface area contributed by atoms with Crippen molar-refractivity contribution in [1.82, 2.24) is 14.8 Å². The van der Waals surface area contributed by atoms with Crippen molar-refractivity contribution in [2.45, 2.75) is 38.1 Å². The second kappa shape index (κ2) is 10.3. The van der Waals surface area contributed by atoms with E-state index in [1.54, 1.807) is 16.4 Å². The lowest BCUT2D eigenvalue weighted by atomic mass is 9.95. The van der Waals surface area contributed by atoms with Crippen molar-refractivity contribution in [1.29, 1.82) is 0 Å². The first-order valence-electron chi connectivity index (χ1n) is 10.6. The summed E-state index contributed by atoms with van der Waals surface area (Å²) in [6, 6.07) is 14.6. The summed E-state index contributed by atoms with van der Waals surface area (Å²) in [5.74, 6) is 1.71. The third-order valence-electron chi connectivity index (χ3n) is 5.19. The molecule has 0 saturated heterocycles. The van der Waals surface area contributed by atoms with Crippen LogP contribution in [0.5, 0.6) is 5.75 Å². The maximum atomic E-state index is 12.8. The molecule has 4 rings (SSSR count). The fourth-order valence-electron chi connectivity index (χ4n) is 3.63. The number of benzene rings is 2. The summed E-state index contributed by atoms with van der Waals surface area (Å²) in [6.45, 7) is 4.31. The molecule has 0 spiro atoms. The predicted molar refractivity (Wildman–Crippen MR) is 130 cm³/mol. The number of ether oxygens (including phenoxy) is 2. The van der Waals surface area contributed by atoms with Crippen molar-refractivity contribution < 1.29 is 14.3 Å². The Morgan fingerprint density at radius 1 is 1.21 bits per heavy atom. The number of aromatic nitrogens is 3. The number of allylic oxidation sites excluding steroid dienone is 1. The Balaban J connectivity index is 1.74. The molecule has 1 atom stereocenters. The van der Waals surface area contributed by atoms with Gasteiger partial charge in [-0.25, -0.2) is 9.48 Å². The highest BCUT2D eigenvalue weighted by Gasteiger charge is 2.36. The van der Waals surface area contributed by atoms with Crippen LogP contribution in [0.3, 0.4) is 0 Å². The number of nitrogens with one attached hydrogen (secondary N) is 1. The zero-order valence-corrected chi connectivity index (χ0v) is 20.2. The molecule has 1 aliphatic heterocycles. The van der Waals surface area contributed by atoms with E-state index in [9.17, 15) is 4.79 Å². The minimum atomic E-state index is -0.543. The molecule has 1 unspecified atom stereocenters. The Morgan fingerprint density at radius 2 is 1.97 bits per heavy atom. The third kappa shape index (κ3) is 5.02. The first-order valence-corrected chi connectivity index (χ1v) is 12.0. The zero-order valence-electron chi connectivity index (χ0n) is 18.7. The number of nitrogens with zero attached hydrogens (tertiary/aromatic N) is 3. The molecule has 7 nitrogen and oxygen atoms in total. The molecule has 0 radical (unpaired) electrons. The molecule has 1 aromatic heterocycles. The van der Waals surface area contributed by atoms with Gasteiger partial charge >= 0.3 is 5.97 Å². The summed E-state index contributed by atoms with van der Waals surface area (Å²) in [5, 5.41) is 9.25. The van der Waals surface area contributed by atoms with Gasteiger partial charge in [-0.3, -0.25) is 0 Å². The van der Waals surface area contributed by atoms with Crippen molar-refractivity contribution in [2.24, 2.45) is 0 Å². The number of halogens is 1. The normalized spacial score (nSPS) is 15.1. The van der Waals surface area contributed by atoms with E-state index in [-0.39, 0.29) is 0 Å². The average Bonchev–Trinajstić information content (AvgIpc) is 3.23. The molecule has 3 aromatic rings. The van der Waals surface area contributed by atoms with Gasteiger partial charge in [-0.05, 0) is 37.1 Å². The molecule has 9 heteroatoms. The van der Waals surface area contributed by atoms with E-state index in [0.717, 1.165) is 23.3 Å². The van der Waals surface area contributed by atoms with Gasteiger partial charge in [0.1, 0.15) is 18.4 Å². The molecule has 1 aliphatic rings. The highest BCUT2D eigenvalue weighted by atomic mass is 35.5. The first-order chi connectivity index (χ1) is 16.0. The van der Waals surface area contributed by atoms with E-state index < -0.39 is 12.0 Å². The highest BCUT2D eigenvalue weighted by Crippen LogP contribution is 2.40. The van der Waals surface area contributed by atoms with E-state index >= 15 is 0 Å². The SMILES string of the molecule is CCCSc1nc2n(n1)C(c1ccccc1OCc1ccc(Cl)cc1)C(C(=O)OC)=C(C)N2. The fourth-order valence-corrected chi connectivity index (χ4v) is 4.44. The van der Waals surface area contributed by atoms with E-state index in [4.69, 9.17) is 26.2 Å². The third-order valence-corrected chi connectivity index (χ3v) is 6.49. The molecule has 0 saturated carbocycles. The Bertz CT molecular complexity index is 1180. The molecule has 0 aliphatic carbocycles. The Labute approximate surface area is 202 Å². The average molecular weight is 485 g/mol. The number of anilines is 1. The summed E-state index contributed by atoms with van der Waals surface area (Å²) in [4.78, 5) is 17.5. The van der Waals surface area contributed by atoms with Crippen molar-refractivity contribution >= 4 is 35.3 Å². The quantitative estimate of drug-likeness (QED) is 0.335. The van der Waals surface area contributed by atoms with Crippen LogP contribution in [0, 0.1) is 0 Å². The highest BCUT2D eigenvalue weighted by molar-refractivity contribution is 7.99. The maximum Gasteiger partial charge on any atom is 0.338 e. The van der Waals surface area contributed by atoms with Gasteiger partial charge in [0.05, 0.1) is 12.7 Å². The van der Waals surface area contributed by atoms with Crippen LogP contribution in [0.15, 0.2) is 65.0 Å². The largest absolute Gasteiger partial charge is 0.489 e. The molecule has 2 aromatic carbocycles. The van der Waals surface area contributed by atoms with Crippen LogP contribution in [0.25, 0.3) is 0 Å². The number of methoxy groups -OCH3 is 1. The van der Waals surface area contributed by atoms with Gasteiger partial charge in [0.2, 0.25) is 11.1 Å². The lowest BCUT2D eigenvalue weighted by Gasteiger charge is -2.29. The van der Waals surface area contributed by atoms with Crippen molar-refractivity contribution in [3.63, 3.8) is 0 Å². The summed E-state index contributed by atoms with van der Waals surface area (Å²) in [6.07, 6.45) is 1.01. The predicted octanol–water partition coefficient (Wildman–Crippen LogP) is 5.47. The number of hydrogen-bond acceptors (Lipinski definition) is 7. The van der Waals surface area contributed by atoms with Gasteiger partial charge in [0, 0.05) is 22.0 Å². The van der Waals surface area contributed by atoms with E-state index in [0.29, 0.717) is 39.8 Å². The fraction of sp³-hybridized carbons (Fsp3) is 0.292. The van der Waals surface area contributed by atoms with Crippen molar-refractivity contribution in [2.75, 3.05) is 18.2 Å². The van der Waals surface area contributed by atoms with Crippen LogP contribution < -0.4 is 10.1 Å². The number of carbonyl (C=O) groups is 1. The van der Waals surface area contributed by atoms with Gasteiger partial charge in [-0.2, -0.15) is 4.98 Å². The summed E-state index contributed by atoms with van der Waals surface area (Å²) < 4.78 is 13.1. The van der Waals surface area contributed by atoms with Crippen LogP contribution in [0.4, 0.5) is 5.95 Å². The van der Waals surface area contributed by atoms with E-state index in [1.165, 1.54) is 7.11 Å². The van der Waals surface area contributed by atoms with Gasteiger partial charge in [-0.1, -0.05) is 60.6 Å².